The summed E-state index contributed by atoms with van der Waals surface area (Å²) in [7, 11) is 0. The normalized spacial score (nSPS) is 26.5. The number of aliphatic hydroxyl groups is 2. The Hall–Kier alpha value is -1.97. The molecule has 0 aliphatic carbocycles. The quantitative estimate of drug-likeness (QED) is 0.338. The van der Waals surface area contributed by atoms with E-state index in [0.717, 1.165) is 0 Å². The van der Waals surface area contributed by atoms with E-state index >= 15 is 0 Å². The summed E-state index contributed by atoms with van der Waals surface area (Å²) in [5.41, 5.74) is 10.1. The lowest BCUT2D eigenvalue weighted by molar-refractivity contribution is 0.0241. The molecule has 0 saturated carbocycles. The maximum Gasteiger partial charge on any atom is 0.347 e. The van der Waals surface area contributed by atoms with Crippen molar-refractivity contribution < 1.29 is 14.9 Å². The van der Waals surface area contributed by atoms with Crippen LogP contribution in [0.15, 0.2) is 4.79 Å². The summed E-state index contributed by atoms with van der Waals surface area (Å²) in [6, 6.07) is 0. The minimum absolute atomic E-state index is 0.0276. The van der Waals surface area contributed by atoms with Crippen LogP contribution >= 0.6 is 0 Å². The Labute approximate surface area is 107 Å². The van der Waals surface area contributed by atoms with Gasteiger partial charge in [0.05, 0.1) is 30.2 Å². The van der Waals surface area contributed by atoms with E-state index in [2.05, 4.69) is 9.97 Å². The molecule has 9 heteroatoms. The van der Waals surface area contributed by atoms with Gasteiger partial charge in [-0.2, -0.15) is 4.98 Å². The van der Waals surface area contributed by atoms with Crippen molar-refractivity contribution in [2.24, 2.45) is 0 Å². The first-order chi connectivity index (χ1) is 8.93. The van der Waals surface area contributed by atoms with E-state index in [-0.39, 0.29) is 35.9 Å². The van der Waals surface area contributed by atoms with Crippen molar-refractivity contribution in [1.29, 1.82) is 5.41 Å². The lowest BCUT2D eigenvalue weighted by Gasteiger charge is -2.17. The first-order valence-corrected chi connectivity index (χ1v) is 5.62. The number of aliphatic hydroxyl groups excluding tert-OH is 2. The average Bonchev–Trinajstić information content (AvgIpc) is 2.74. The van der Waals surface area contributed by atoms with Crippen LogP contribution < -0.4 is 17.2 Å². The third kappa shape index (κ3) is 2.43. The van der Waals surface area contributed by atoms with Crippen LogP contribution in [0.5, 0.6) is 0 Å². The van der Waals surface area contributed by atoms with Crippen molar-refractivity contribution in [3.63, 3.8) is 0 Å². The molecule has 0 radical (unpaired) electrons. The molecule has 0 bridgehead atoms. The monoisotopic (exact) mass is 269 g/mol. The van der Waals surface area contributed by atoms with E-state index in [4.69, 9.17) is 26.7 Å². The second-order valence-corrected chi connectivity index (χ2v) is 4.29. The summed E-state index contributed by atoms with van der Waals surface area (Å²) in [4.78, 5) is 16.9. The van der Waals surface area contributed by atoms with Crippen LogP contribution in [0, 0.1) is 5.41 Å². The van der Waals surface area contributed by atoms with Crippen molar-refractivity contribution in [2.75, 3.05) is 18.1 Å². The molecule has 8 N–H and O–H groups in total. The molecule has 1 fully saturated rings. The molecule has 0 aromatic carbocycles. The lowest BCUT2D eigenvalue weighted by Crippen LogP contribution is -2.34. The number of nitrogens with two attached hydrogens (primary N) is 2. The maximum absolute atomic E-state index is 11.2. The van der Waals surface area contributed by atoms with Gasteiger partial charge in [-0.25, -0.2) is 4.79 Å². The third-order valence-electron chi connectivity index (χ3n) is 2.95. The van der Waals surface area contributed by atoms with Gasteiger partial charge in [0.2, 0.25) is 0 Å². The number of nitrogens with zero attached hydrogens (tertiary/aromatic N) is 1. The summed E-state index contributed by atoms with van der Waals surface area (Å²) < 4.78 is 5.31. The number of ether oxygens (including phenoxy) is 1. The number of hydrogen-bond donors (Lipinski definition) is 6. The molecule has 1 aromatic rings. The number of anilines is 2. The Morgan fingerprint density at radius 3 is 2.84 bits per heavy atom. The summed E-state index contributed by atoms with van der Waals surface area (Å²) in [5, 5.41) is 26.7. The molecule has 2 rings (SSSR count). The molecule has 1 aliphatic rings. The van der Waals surface area contributed by atoms with Gasteiger partial charge >= 0.3 is 5.69 Å². The Balaban J connectivity index is 2.33. The fourth-order valence-corrected chi connectivity index (χ4v) is 1.98. The first kappa shape index (κ1) is 13.5. The number of rotatable bonds is 3. The minimum atomic E-state index is -0.975. The van der Waals surface area contributed by atoms with Crippen LogP contribution in [0.1, 0.15) is 12.1 Å². The SMILES string of the molecule is N=C(c1[nH]c(=O)nc(N)c1N)C1O[C@H](CO)C[C@H]1O. The molecule has 9 nitrogen and oxygen atoms in total. The molecule has 0 amide bonds. The zero-order chi connectivity index (χ0) is 14.2. The fraction of sp³-hybridized carbons (Fsp3) is 0.500. The van der Waals surface area contributed by atoms with Crippen molar-refractivity contribution in [3.8, 4) is 0 Å². The smallest absolute Gasteiger partial charge is 0.347 e. The van der Waals surface area contributed by atoms with Gasteiger partial charge in [0.1, 0.15) is 11.8 Å². The molecule has 0 spiro atoms. The molecule has 1 unspecified atom stereocenters. The number of hydrogen-bond acceptors (Lipinski definition) is 8. The zero-order valence-electron chi connectivity index (χ0n) is 9.96. The van der Waals surface area contributed by atoms with Crippen LogP contribution in [0.4, 0.5) is 11.5 Å². The van der Waals surface area contributed by atoms with Crippen LogP contribution in [-0.4, -0.2) is 50.8 Å². The second kappa shape index (κ2) is 4.96. The van der Waals surface area contributed by atoms with Gasteiger partial charge < -0.3 is 36.8 Å². The van der Waals surface area contributed by atoms with Gasteiger partial charge in [0.15, 0.2) is 5.82 Å². The fourth-order valence-electron chi connectivity index (χ4n) is 1.98. The van der Waals surface area contributed by atoms with E-state index < -0.39 is 24.0 Å². The van der Waals surface area contributed by atoms with Crippen molar-refractivity contribution >= 4 is 17.2 Å². The average molecular weight is 269 g/mol. The highest BCUT2D eigenvalue weighted by Crippen LogP contribution is 2.25. The Bertz CT molecular complexity index is 557. The molecule has 2 heterocycles. The molecular weight excluding hydrogens is 254 g/mol. The van der Waals surface area contributed by atoms with Gasteiger partial charge in [0, 0.05) is 6.42 Å². The third-order valence-corrected chi connectivity index (χ3v) is 2.95. The first-order valence-electron chi connectivity index (χ1n) is 5.62. The number of aromatic amines is 1. The molecule has 1 aromatic heterocycles. The predicted octanol–water partition coefficient (Wildman–Crippen LogP) is -2.19. The number of aromatic nitrogens is 2. The van der Waals surface area contributed by atoms with E-state index in [9.17, 15) is 9.90 Å². The van der Waals surface area contributed by atoms with Gasteiger partial charge in [-0.3, -0.25) is 0 Å². The second-order valence-electron chi connectivity index (χ2n) is 4.29. The number of H-pyrrole nitrogens is 1. The maximum atomic E-state index is 11.2. The highest BCUT2D eigenvalue weighted by atomic mass is 16.5. The van der Waals surface area contributed by atoms with Gasteiger partial charge in [-0.1, -0.05) is 0 Å². The van der Waals surface area contributed by atoms with Crippen molar-refractivity contribution in [2.45, 2.75) is 24.7 Å². The van der Waals surface area contributed by atoms with Crippen LogP contribution in [-0.2, 0) is 4.74 Å². The molecule has 1 saturated heterocycles. The van der Waals surface area contributed by atoms with Crippen molar-refractivity contribution in [1.82, 2.24) is 9.97 Å². The Morgan fingerprint density at radius 1 is 1.58 bits per heavy atom. The van der Waals surface area contributed by atoms with Crippen LogP contribution in [0.2, 0.25) is 0 Å². The van der Waals surface area contributed by atoms with E-state index in [0.29, 0.717) is 0 Å². The highest BCUT2D eigenvalue weighted by molar-refractivity contribution is 6.05. The topological polar surface area (TPSA) is 171 Å². The Morgan fingerprint density at radius 2 is 2.26 bits per heavy atom. The summed E-state index contributed by atoms with van der Waals surface area (Å²) in [6.07, 6.45) is -2.28. The van der Waals surface area contributed by atoms with E-state index in [1.807, 2.05) is 0 Å². The summed E-state index contributed by atoms with van der Waals surface area (Å²) in [6.45, 7) is -0.259. The molecule has 104 valence electrons. The number of nitrogens with one attached hydrogen (secondary N) is 2. The van der Waals surface area contributed by atoms with Crippen molar-refractivity contribution in [3.05, 3.63) is 16.2 Å². The van der Waals surface area contributed by atoms with Gasteiger partial charge in [-0.05, 0) is 0 Å². The van der Waals surface area contributed by atoms with Crippen LogP contribution in [0.25, 0.3) is 0 Å². The van der Waals surface area contributed by atoms with Gasteiger partial charge in [-0.15, -0.1) is 0 Å². The lowest BCUT2D eigenvalue weighted by atomic mass is 10.0. The molecular formula is C10H15N5O4. The predicted molar refractivity (Wildman–Crippen MR) is 66.9 cm³/mol. The minimum Gasteiger partial charge on any atom is -0.394 e. The van der Waals surface area contributed by atoms with Crippen LogP contribution in [0.3, 0.4) is 0 Å². The molecule has 3 atom stereocenters. The highest BCUT2D eigenvalue weighted by Gasteiger charge is 2.37. The van der Waals surface area contributed by atoms with Gasteiger partial charge in [0.25, 0.3) is 0 Å². The summed E-state index contributed by atoms with van der Waals surface area (Å²) >= 11 is 0. The molecule has 19 heavy (non-hydrogen) atoms. The Kier molecular flexibility index (Phi) is 3.51. The van der Waals surface area contributed by atoms with E-state index in [1.54, 1.807) is 0 Å². The standard InChI is InChI=1S/C10H15N5O4/c11-5(8-4(17)1-3(2-16)19-8)7-6(12)9(13)15-10(18)14-7/h3-4,8,11,16-17H,1-2,12H2,(H3,13,14,15,18)/t3-,4+,8?/m0/s1. The zero-order valence-corrected chi connectivity index (χ0v) is 9.96. The largest absolute Gasteiger partial charge is 0.394 e. The van der Waals surface area contributed by atoms with E-state index in [1.165, 1.54) is 0 Å². The molecule has 1 aliphatic heterocycles. The number of nitrogen functional groups attached to an aromatic ring is 2. The summed E-state index contributed by atoms with van der Waals surface area (Å²) in [5.74, 6) is -0.185.